The van der Waals surface area contributed by atoms with Gasteiger partial charge in [0.2, 0.25) is 0 Å². The number of hydrogen-bond acceptors (Lipinski definition) is 2. The van der Waals surface area contributed by atoms with E-state index >= 15 is 0 Å². The van der Waals surface area contributed by atoms with E-state index in [1.807, 2.05) is 42.5 Å². The second-order valence-electron chi connectivity index (χ2n) is 4.84. The van der Waals surface area contributed by atoms with Crippen LogP contribution in [0.2, 0.25) is 5.02 Å². The Kier molecular flexibility index (Phi) is 5.46. The molecule has 20 heavy (non-hydrogen) atoms. The van der Waals surface area contributed by atoms with Crippen molar-refractivity contribution in [3.63, 3.8) is 0 Å². The summed E-state index contributed by atoms with van der Waals surface area (Å²) < 4.78 is 6.96. The highest BCUT2D eigenvalue weighted by atomic mass is 79.9. The number of benzene rings is 2. The van der Waals surface area contributed by atoms with E-state index in [0.29, 0.717) is 11.1 Å². The molecule has 1 N–H and O–H groups in total. The summed E-state index contributed by atoms with van der Waals surface area (Å²) in [5.41, 5.74) is 1.09. The summed E-state index contributed by atoms with van der Waals surface area (Å²) in [7, 11) is 0. The Hall–Kier alpha value is -1.03. The molecule has 0 bridgehead atoms. The van der Waals surface area contributed by atoms with Crippen LogP contribution < -0.4 is 10.1 Å². The molecule has 2 aromatic carbocycles. The monoisotopic (exact) mass is 353 g/mol. The summed E-state index contributed by atoms with van der Waals surface area (Å²) in [6.45, 7) is 4.98. The summed E-state index contributed by atoms with van der Waals surface area (Å²) in [5.74, 6) is 1.58. The van der Waals surface area contributed by atoms with E-state index in [0.717, 1.165) is 28.1 Å². The quantitative estimate of drug-likeness (QED) is 0.777. The molecule has 0 radical (unpaired) electrons. The zero-order valence-corrected chi connectivity index (χ0v) is 13.8. The van der Waals surface area contributed by atoms with Crippen molar-refractivity contribution in [3.8, 4) is 11.5 Å². The highest BCUT2D eigenvalue weighted by Crippen LogP contribution is 2.29. The first-order valence-corrected chi connectivity index (χ1v) is 7.67. The number of hydrogen-bond donors (Lipinski definition) is 1. The summed E-state index contributed by atoms with van der Waals surface area (Å²) in [6.07, 6.45) is 0. The van der Waals surface area contributed by atoms with E-state index < -0.39 is 0 Å². The van der Waals surface area contributed by atoms with Crippen LogP contribution >= 0.6 is 27.5 Å². The van der Waals surface area contributed by atoms with Crippen LogP contribution in [-0.2, 0) is 6.54 Å². The molecule has 4 heteroatoms. The highest BCUT2D eigenvalue weighted by molar-refractivity contribution is 9.10. The number of halogens is 2. The largest absolute Gasteiger partial charge is 0.457 e. The second kappa shape index (κ2) is 7.11. The molecule has 0 heterocycles. The third kappa shape index (κ3) is 4.51. The fraction of sp³-hybridized carbons (Fsp3) is 0.250. The third-order valence-electron chi connectivity index (χ3n) is 2.77. The van der Waals surface area contributed by atoms with E-state index in [2.05, 4.69) is 35.1 Å². The zero-order chi connectivity index (χ0) is 14.5. The highest BCUT2D eigenvalue weighted by Gasteiger charge is 2.07. The van der Waals surface area contributed by atoms with Crippen molar-refractivity contribution in [1.82, 2.24) is 5.32 Å². The lowest BCUT2D eigenvalue weighted by Crippen LogP contribution is -2.22. The van der Waals surface area contributed by atoms with Crippen LogP contribution in [0.15, 0.2) is 46.9 Å². The molecule has 0 saturated heterocycles. The molecular weight excluding hydrogens is 338 g/mol. The van der Waals surface area contributed by atoms with Crippen molar-refractivity contribution in [2.75, 3.05) is 0 Å². The van der Waals surface area contributed by atoms with Crippen LogP contribution in [0.3, 0.4) is 0 Å². The maximum absolute atomic E-state index is 6.06. The van der Waals surface area contributed by atoms with E-state index in [4.69, 9.17) is 16.3 Å². The first-order chi connectivity index (χ1) is 9.54. The van der Waals surface area contributed by atoms with Crippen molar-refractivity contribution in [3.05, 3.63) is 57.5 Å². The van der Waals surface area contributed by atoms with Crippen LogP contribution in [-0.4, -0.2) is 6.04 Å². The van der Waals surface area contributed by atoms with Crippen molar-refractivity contribution < 1.29 is 4.74 Å². The van der Waals surface area contributed by atoms with Crippen LogP contribution in [0.25, 0.3) is 0 Å². The van der Waals surface area contributed by atoms with E-state index in [9.17, 15) is 0 Å². The van der Waals surface area contributed by atoms with E-state index in [1.165, 1.54) is 0 Å². The molecular formula is C16H17BrClNO. The molecule has 0 aliphatic carbocycles. The van der Waals surface area contributed by atoms with Gasteiger partial charge in [0.15, 0.2) is 0 Å². The van der Waals surface area contributed by atoms with Crippen LogP contribution in [0.5, 0.6) is 11.5 Å². The van der Waals surface area contributed by atoms with Crippen molar-refractivity contribution in [1.29, 1.82) is 0 Å². The lowest BCUT2D eigenvalue weighted by Gasteiger charge is -2.14. The normalized spacial score (nSPS) is 10.8. The molecule has 2 aromatic rings. The third-order valence-corrected chi connectivity index (χ3v) is 3.54. The minimum absolute atomic E-state index is 0.422. The topological polar surface area (TPSA) is 21.3 Å². The summed E-state index contributed by atoms with van der Waals surface area (Å²) in [6, 6.07) is 13.9. The molecule has 0 atom stereocenters. The van der Waals surface area contributed by atoms with Crippen molar-refractivity contribution in [2.45, 2.75) is 26.4 Å². The summed E-state index contributed by atoms with van der Waals surface area (Å²) in [5, 5.41) is 4.06. The molecule has 0 amide bonds. The Morgan fingerprint density at radius 2 is 1.85 bits per heavy atom. The van der Waals surface area contributed by atoms with Gasteiger partial charge >= 0.3 is 0 Å². The summed E-state index contributed by atoms with van der Waals surface area (Å²) >= 11 is 9.47. The Morgan fingerprint density at radius 1 is 1.15 bits per heavy atom. The molecule has 2 nitrogen and oxygen atoms in total. The fourth-order valence-corrected chi connectivity index (χ4v) is 2.14. The molecule has 0 fully saturated rings. The van der Waals surface area contributed by atoms with E-state index in [-0.39, 0.29) is 0 Å². The van der Waals surface area contributed by atoms with Crippen molar-refractivity contribution >= 4 is 27.5 Å². The van der Waals surface area contributed by atoms with Crippen LogP contribution in [0, 0.1) is 0 Å². The predicted octanol–water partition coefficient (Wildman–Crippen LogP) is 5.39. The van der Waals surface area contributed by atoms with Gasteiger partial charge in [0, 0.05) is 27.6 Å². The molecule has 0 unspecified atom stereocenters. The average molecular weight is 355 g/mol. The van der Waals surface area contributed by atoms with Gasteiger partial charge in [0.05, 0.1) is 0 Å². The molecule has 0 spiro atoms. The molecule has 0 aromatic heterocycles. The standard InChI is InChI=1S/C16H17BrClNO/c1-11(2)19-10-12-3-6-14(18)9-16(12)20-15-7-4-13(17)5-8-15/h3-9,11,19H,10H2,1-2H3. The maximum atomic E-state index is 6.06. The minimum atomic E-state index is 0.422. The second-order valence-corrected chi connectivity index (χ2v) is 6.20. The number of ether oxygens (including phenoxy) is 1. The van der Waals surface area contributed by atoms with Crippen LogP contribution in [0.4, 0.5) is 0 Å². The molecule has 106 valence electrons. The van der Waals surface area contributed by atoms with Gasteiger partial charge in [-0.1, -0.05) is 47.4 Å². The fourth-order valence-electron chi connectivity index (χ4n) is 1.71. The Bertz CT molecular complexity index is 569. The molecule has 0 aliphatic rings. The molecule has 0 aliphatic heterocycles. The Labute approximate surface area is 133 Å². The first kappa shape index (κ1) is 15.4. The van der Waals surface area contributed by atoms with Gasteiger partial charge in [-0.15, -0.1) is 0 Å². The van der Waals surface area contributed by atoms with Gasteiger partial charge < -0.3 is 10.1 Å². The SMILES string of the molecule is CC(C)NCc1ccc(Cl)cc1Oc1ccc(Br)cc1. The van der Waals surface area contributed by atoms with Gasteiger partial charge in [-0.05, 0) is 36.4 Å². The minimum Gasteiger partial charge on any atom is -0.457 e. The average Bonchev–Trinajstić information content (AvgIpc) is 2.40. The number of rotatable bonds is 5. The summed E-state index contributed by atoms with van der Waals surface area (Å²) in [4.78, 5) is 0. The lowest BCUT2D eigenvalue weighted by molar-refractivity contribution is 0.469. The van der Waals surface area contributed by atoms with Crippen molar-refractivity contribution in [2.24, 2.45) is 0 Å². The zero-order valence-electron chi connectivity index (χ0n) is 11.5. The van der Waals surface area contributed by atoms with Gasteiger partial charge in [0.25, 0.3) is 0 Å². The Morgan fingerprint density at radius 3 is 2.50 bits per heavy atom. The first-order valence-electron chi connectivity index (χ1n) is 6.50. The molecule has 0 saturated carbocycles. The lowest BCUT2D eigenvalue weighted by atomic mass is 10.2. The van der Waals surface area contributed by atoms with Gasteiger partial charge in [-0.2, -0.15) is 0 Å². The smallest absolute Gasteiger partial charge is 0.133 e. The predicted molar refractivity (Wildman–Crippen MR) is 87.6 cm³/mol. The number of nitrogens with one attached hydrogen (secondary N) is 1. The van der Waals surface area contributed by atoms with Gasteiger partial charge in [0.1, 0.15) is 11.5 Å². The molecule has 2 rings (SSSR count). The maximum Gasteiger partial charge on any atom is 0.133 e. The van der Waals surface area contributed by atoms with E-state index in [1.54, 1.807) is 0 Å². The van der Waals surface area contributed by atoms with Crippen LogP contribution in [0.1, 0.15) is 19.4 Å². The van der Waals surface area contributed by atoms with Gasteiger partial charge in [-0.25, -0.2) is 0 Å². The Balaban J connectivity index is 2.20. The van der Waals surface area contributed by atoms with Gasteiger partial charge in [-0.3, -0.25) is 0 Å².